The van der Waals surface area contributed by atoms with Crippen LogP contribution >= 0.6 is 11.6 Å². The van der Waals surface area contributed by atoms with Crippen molar-refractivity contribution in [2.24, 2.45) is 5.73 Å². The number of nitrogens with zero attached hydrogens (tertiary/aromatic N) is 3. The Hall–Kier alpha value is -1.92. The van der Waals surface area contributed by atoms with Crippen molar-refractivity contribution >= 4 is 17.5 Å². The number of halogens is 2. The fourth-order valence-electron chi connectivity index (χ4n) is 1.93. The monoisotopic (exact) mass is 310 g/mol. The van der Waals surface area contributed by atoms with E-state index < -0.39 is 5.82 Å². The van der Waals surface area contributed by atoms with Gasteiger partial charge in [0.15, 0.2) is 0 Å². The molecular formula is C14H16ClFN4O. The summed E-state index contributed by atoms with van der Waals surface area (Å²) in [4.78, 5) is 17.6. The molecule has 1 aromatic carbocycles. The number of carbonyl (C=O) groups is 1. The Morgan fingerprint density at radius 2 is 2.29 bits per heavy atom. The fraction of sp³-hybridized carbons (Fsp3) is 0.286. The molecule has 2 rings (SSSR count). The van der Waals surface area contributed by atoms with Crippen molar-refractivity contribution in [3.05, 3.63) is 52.8 Å². The lowest BCUT2D eigenvalue weighted by atomic mass is 10.2. The molecule has 21 heavy (non-hydrogen) atoms. The zero-order valence-electron chi connectivity index (χ0n) is 11.6. The first-order valence-corrected chi connectivity index (χ1v) is 6.81. The lowest BCUT2D eigenvalue weighted by Gasteiger charge is -2.17. The smallest absolute Gasteiger partial charge is 0.274 e. The van der Waals surface area contributed by atoms with Crippen LogP contribution in [0.15, 0.2) is 30.7 Å². The van der Waals surface area contributed by atoms with E-state index in [2.05, 4.69) is 4.98 Å². The maximum atomic E-state index is 13.7. The van der Waals surface area contributed by atoms with E-state index in [0.29, 0.717) is 23.8 Å². The van der Waals surface area contributed by atoms with Crippen molar-refractivity contribution in [2.45, 2.75) is 13.1 Å². The van der Waals surface area contributed by atoms with Crippen LogP contribution in [0.4, 0.5) is 4.39 Å². The molecule has 0 aliphatic heterocycles. The standard InChI is InChI=1S/C14H16ClFN4O/c1-19(7-10-11(15)3-2-4-12(10)16)14(21)13-8-20(6-5-17)9-18-13/h2-4,8-9H,5-7,17H2,1H3. The fourth-order valence-corrected chi connectivity index (χ4v) is 2.15. The van der Waals surface area contributed by atoms with Crippen LogP contribution in [0.25, 0.3) is 0 Å². The Labute approximate surface area is 127 Å². The second kappa shape index (κ2) is 6.69. The molecule has 0 radical (unpaired) electrons. The summed E-state index contributed by atoms with van der Waals surface area (Å²) in [6.07, 6.45) is 3.17. The summed E-state index contributed by atoms with van der Waals surface area (Å²) in [5, 5.41) is 0.295. The second-order valence-corrected chi connectivity index (χ2v) is 5.05. The molecule has 0 unspecified atom stereocenters. The summed E-state index contributed by atoms with van der Waals surface area (Å²) < 4.78 is 15.5. The van der Waals surface area contributed by atoms with Crippen LogP contribution in [0.1, 0.15) is 16.1 Å². The van der Waals surface area contributed by atoms with Crippen LogP contribution in [0.2, 0.25) is 5.02 Å². The third kappa shape index (κ3) is 3.59. The van der Waals surface area contributed by atoms with Crippen molar-refractivity contribution in [1.82, 2.24) is 14.5 Å². The summed E-state index contributed by atoms with van der Waals surface area (Å²) >= 11 is 5.96. The third-order valence-corrected chi connectivity index (χ3v) is 3.40. The number of aromatic nitrogens is 2. The predicted molar refractivity (Wildman–Crippen MR) is 78.5 cm³/mol. The minimum Gasteiger partial charge on any atom is -0.336 e. The maximum absolute atomic E-state index is 13.7. The van der Waals surface area contributed by atoms with E-state index in [1.807, 2.05) is 0 Å². The van der Waals surface area contributed by atoms with E-state index in [1.54, 1.807) is 30.2 Å². The highest BCUT2D eigenvalue weighted by Crippen LogP contribution is 2.20. The SMILES string of the molecule is CN(Cc1c(F)cccc1Cl)C(=O)c1cn(CCN)cn1. The Morgan fingerprint density at radius 3 is 2.95 bits per heavy atom. The van der Waals surface area contributed by atoms with Crippen molar-refractivity contribution in [3.63, 3.8) is 0 Å². The molecule has 0 aliphatic rings. The molecule has 0 atom stereocenters. The number of rotatable bonds is 5. The summed E-state index contributed by atoms with van der Waals surface area (Å²) in [6, 6.07) is 4.43. The van der Waals surface area contributed by atoms with Gasteiger partial charge in [-0.1, -0.05) is 17.7 Å². The number of hydrogen-bond acceptors (Lipinski definition) is 3. The molecule has 2 N–H and O–H groups in total. The first-order chi connectivity index (χ1) is 10.0. The average Bonchev–Trinajstić information content (AvgIpc) is 2.91. The molecule has 0 bridgehead atoms. The van der Waals surface area contributed by atoms with Crippen LogP contribution < -0.4 is 5.73 Å². The summed E-state index contributed by atoms with van der Waals surface area (Å²) in [7, 11) is 1.58. The minimum atomic E-state index is -0.434. The van der Waals surface area contributed by atoms with Crippen molar-refractivity contribution in [1.29, 1.82) is 0 Å². The Kier molecular flexibility index (Phi) is 4.93. The number of amides is 1. The van der Waals surface area contributed by atoms with Gasteiger partial charge < -0.3 is 15.2 Å². The summed E-state index contributed by atoms with van der Waals surface area (Å²) in [5.74, 6) is -0.735. The van der Waals surface area contributed by atoms with Gasteiger partial charge in [-0.3, -0.25) is 4.79 Å². The molecule has 0 spiro atoms. The normalized spacial score (nSPS) is 10.7. The Balaban J connectivity index is 2.12. The van der Waals surface area contributed by atoms with Gasteiger partial charge in [0.1, 0.15) is 11.5 Å². The van der Waals surface area contributed by atoms with Crippen LogP contribution in [0, 0.1) is 5.82 Å². The van der Waals surface area contributed by atoms with Crippen LogP contribution in [-0.4, -0.2) is 34.0 Å². The van der Waals surface area contributed by atoms with E-state index in [0.717, 1.165) is 0 Å². The van der Waals surface area contributed by atoms with Gasteiger partial charge in [0.05, 0.1) is 12.9 Å². The van der Waals surface area contributed by atoms with Crippen LogP contribution in [-0.2, 0) is 13.1 Å². The first-order valence-electron chi connectivity index (χ1n) is 6.43. The zero-order valence-corrected chi connectivity index (χ0v) is 12.3. The number of carbonyl (C=O) groups excluding carboxylic acids is 1. The van der Waals surface area contributed by atoms with Gasteiger partial charge in [-0.05, 0) is 12.1 Å². The molecule has 7 heteroatoms. The highest BCUT2D eigenvalue weighted by molar-refractivity contribution is 6.31. The first kappa shape index (κ1) is 15.5. The zero-order chi connectivity index (χ0) is 15.4. The quantitative estimate of drug-likeness (QED) is 0.917. The van der Waals surface area contributed by atoms with Crippen molar-refractivity contribution < 1.29 is 9.18 Å². The van der Waals surface area contributed by atoms with Crippen molar-refractivity contribution in [3.8, 4) is 0 Å². The molecule has 1 amide bonds. The molecule has 0 aliphatic carbocycles. The van der Waals surface area contributed by atoms with Gasteiger partial charge >= 0.3 is 0 Å². The molecule has 112 valence electrons. The second-order valence-electron chi connectivity index (χ2n) is 4.65. The highest BCUT2D eigenvalue weighted by atomic mass is 35.5. The predicted octanol–water partition coefficient (Wildman–Crippen LogP) is 1.91. The molecule has 1 aromatic heterocycles. The Morgan fingerprint density at radius 1 is 1.52 bits per heavy atom. The van der Waals surface area contributed by atoms with Gasteiger partial charge in [0.2, 0.25) is 0 Å². The van der Waals surface area contributed by atoms with E-state index >= 15 is 0 Å². The average molecular weight is 311 g/mol. The lowest BCUT2D eigenvalue weighted by molar-refractivity contribution is 0.0778. The summed E-state index contributed by atoms with van der Waals surface area (Å²) in [6.45, 7) is 1.13. The largest absolute Gasteiger partial charge is 0.336 e. The van der Waals surface area contributed by atoms with Gasteiger partial charge in [-0.2, -0.15) is 0 Å². The molecular weight excluding hydrogens is 295 g/mol. The van der Waals surface area contributed by atoms with E-state index in [9.17, 15) is 9.18 Å². The number of benzene rings is 1. The Bertz CT molecular complexity index is 623. The molecule has 0 saturated heterocycles. The lowest BCUT2D eigenvalue weighted by Crippen LogP contribution is -2.27. The van der Waals surface area contributed by atoms with E-state index in [1.165, 1.54) is 17.0 Å². The number of nitrogens with two attached hydrogens (primary N) is 1. The van der Waals surface area contributed by atoms with Gasteiger partial charge in [0, 0.05) is 36.9 Å². The minimum absolute atomic E-state index is 0.0775. The topological polar surface area (TPSA) is 64.2 Å². The van der Waals surface area contributed by atoms with E-state index in [4.69, 9.17) is 17.3 Å². The third-order valence-electron chi connectivity index (χ3n) is 3.04. The van der Waals surface area contributed by atoms with Crippen molar-refractivity contribution in [2.75, 3.05) is 13.6 Å². The molecule has 0 saturated carbocycles. The van der Waals surface area contributed by atoms with Gasteiger partial charge in [0.25, 0.3) is 5.91 Å². The number of imidazole rings is 1. The van der Waals surface area contributed by atoms with Crippen LogP contribution in [0.5, 0.6) is 0 Å². The van der Waals surface area contributed by atoms with E-state index in [-0.39, 0.29) is 18.0 Å². The summed E-state index contributed by atoms with van der Waals surface area (Å²) in [5.41, 5.74) is 6.02. The molecule has 0 fully saturated rings. The molecule has 5 nitrogen and oxygen atoms in total. The highest BCUT2D eigenvalue weighted by Gasteiger charge is 2.17. The maximum Gasteiger partial charge on any atom is 0.274 e. The molecule has 2 aromatic rings. The molecule has 1 heterocycles. The number of hydrogen-bond donors (Lipinski definition) is 1. The van der Waals surface area contributed by atoms with Crippen LogP contribution in [0.3, 0.4) is 0 Å². The van der Waals surface area contributed by atoms with Gasteiger partial charge in [-0.25, -0.2) is 9.37 Å². The van der Waals surface area contributed by atoms with Gasteiger partial charge in [-0.15, -0.1) is 0 Å².